The van der Waals surface area contributed by atoms with E-state index in [1.807, 2.05) is 24.3 Å². The lowest BCUT2D eigenvalue weighted by atomic mass is 9.95. The highest BCUT2D eigenvalue weighted by molar-refractivity contribution is 6.31. The monoisotopic (exact) mass is 704 g/mol. The van der Waals surface area contributed by atoms with Crippen LogP contribution in [0.1, 0.15) is 28.7 Å². The summed E-state index contributed by atoms with van der Waals surface area (Å²) in [7, 11) is 0. The van der Waals surface area contributed by atoms with Crippen LogP contribution >= 0.6 is 11.6 Å². The molecule has 2 heterocycles. The van der Waals surface area contributed by atoms with Crippen LogP contribution in [0.3, 0.4) is 0 Å². The van der Waals surface area contributed by atoms with E-state index in [9.17, 15) is 13.6 Å². The zero-order valence-corrected chi connectivity index (χ0v) is 27.7. The lowest BCUT2D eigenvalue weighted by Crippen LogP contribution is -2.17. The summed E-state index contributed by atoms with van der Waals surface area (Å²) in [5.74, 6) is -1.55. The van der Waals surface area contributed by atoms with E-state index in [0.717, 1.165) is 0 Å². The summed E-state index contributed by atoms with van der Waals surface area (Å²) in [6.45, 7) is 2.91. The van der Waals surface area contributed by atoms with Gasteiger partial charge in [0.25, 0.3) is 0 Å². The summed E-state index contributed by atoms with van der Waals surface area (Å²) in [6, 6.07) is 16.0. The normalized spacial score (nSPS) is 12.4. The van der Waals surface area contributed by atoms with E-state index in [2.05, 4.69) is 25.7 Å². The number of fused-ring (bicyclic) bond motifs is 3. The quantitative estimate of drug-likeness (QED) is 0.0721. The molecule has 1 aromatic heterocycles. The molecule has 0 aliphatic carbocycles. The zero-order valence-electron chi connectivity index (χ0n) is 26.9. The van der Waals surface area contributed by atoms with Gasteiger partial charge in [-0.2, -0.15) is 5.11 Å². The molecule has 0 unspecified atom stereocenters. The molecule has 0 saturated carbocycles. The third-order valence-electron chi connectivity index (χ3n) is 7.39. The fourth-order valence-electron chi connectivity index (χ4n) is 4.97. The summed E-state index contributed by atoms with van der Waals surface area (Å²) in [6.07, 6.45) is 3.46. The van der Waals surface area contributed by atoms with Crippen molar-refractivity contribution in [1.82, 2.24) is 15.3 Å². The van der Waals surface area contributed by atoms with E-state index in [0.29, 0.717) is 89.9 Å². The smallest absolute Gasteiger partial charge is 0.227 e. The Morgan fingerprint density at radius 2 is 1.66 bits per heavy atom. The predicted molar refractivity (Wildman–Crippen MR) is 185 cm³/mol. The molecule has 0 spiro atoms. The first kappa shape index (κ1) is 36.1. The first-order valence-corrected chi connectivity index (χ1v) is 16.1. The number of hydrogen-bond acceptors (Lipinski definition) is 11. The molecule has 0 radical (unpaired) electrons. The van der Waals surface area contributed by atoms with Gasteiger partial charge in [-0.3, -0.25) is 9.79 Å². The van der Waals surface area contributed by atoms with Crippen molar-refractivity contribution in [2.75, 3.05) is 51.5 Å². The number of carbonyl (C=O) groups is 1. The lowest BCUT2D eigenvalue weighted by molar-refractivity contribution is -0.119. The largest absolute Gasteiger partial charge is 0.387 e. The Balaban J connectivity index is 1.16. The standard InChI is InChI=1S/C35H35ClF2N8O4/c36-24-6-9-26-27(18-24)34(32-28(37)2-1-3-29(32)38)42-19-23-20-43-35(45-33(23)26)44-25-7-4-22(5-8-25)30(46-40)21-41-11-13-49-15-17-50-16-14-48-12-10-31(39)47/h1-9,18,20-21,40-41H,10-17,19H2,(H2,39,47)(H,43,44,45)/b30-21-,46-40?. The van der Waals surface area contributed by atoms with Crippen molar-refractivity contribution < 1.29 is 27.8 Å². The van der Waals surface area contributed by atoms with Crippen LogP contribution in [0, 0.1) is 17.2 Å². The number of benzene rings is 3. The molecule has 0 bridgehead atoms. The van der Waals surface area contributed by atoms with E-state index in [1.54, 1.807) is 30.6 Å². The Labute approximate surface area is 292 Å². The molecule has 5 N–H and O–H groups in total. The maximum absolute atomic E-state index is 14.9. The van der Waals surface area contributed by atoms with Crippen LogP contribution in [0.2, 0.25) is 5.02 Å². The third-order valence-corrected chi connectivity index (χ3v) is 7.62. The fourth-order valence-corrected chi connectivity index (χ4v) is 5.14. The van der Waals surface area contributed by atoms with Gasteiger partial charge in [-0.05, 0) is 36.4 Å². The van der Waals surface area contributed by atoms with Gasteiger partial charge in [0.05, 0.1) is 63.2 Å². The molecule has 1 amide bonds. The molecule has 0 saturated heterocycles. The van der Waals surface area contributed by atoms with Crippen LogP contribution < -0.4 is 16.4 Å². The van der Waals surface area contributed by atoms with Gasteiger partial charge in [0, 0.05) is 58.3 Å². The lowest BCUT2D eigenvalue weighted by Gasteiger charge is -2.13. The molecule has 3 aromatic carbocycles. The molecule has 5 rings (SSSR count). The van der Waals surface area contributed by atoms with Crippen LogP contribution in [-0.2, 0) is 25.5 Å². The Morgan fingerprint density at radius 3 is 2.36 bits per heavy atom. The highest BCUT2D eigenvalue weighted by Gasteiger charge is 2.25. The van der Waals surface area contributed by atoms with Gasteiger partial charge in [-0.15, -0.1) is 0 Å². The van der Waals surface area contributed by atoms with Gasteiger partial charge in [0.2, 0.25) is 11.9 Å². The van der Waals surface area contributed by atoms with Crippen LogP contribution in [0.15, 0.2) is 83.2 Å². The number of nitrogens with one attached hydrogen (secondary N) is 3. The van der Waals surface area contributed by atoms with Crippen LogP contribution in [-0.4, -0.2) is 67.8 Å². The van der Waals surface area contributed by atoms with Crippen LogP contribution in [0.25, 0.3) is 17.0 Å². The minimum atomic E-state index is -0.727. The number of primary amides is 1. The molecule has 4 aromatic rings. The first-order valence-electron chi connectivity index (χ1n) is 15.7. The molecule has 0 fully saturated rings. The second-order valence-corrected chi connectivity index (χ2v) is 11.3. The van der Waals surface area contributed by atoms with Crippen molar-refractivity contribution in [3.8, 4) is 11.3 Å². The Morgan fingerprint density at radius 1 is 0.960 bits per heavy atom. The van der Waals surface area contributed by atoms with Crippen LogP contribution in [0.5, 0.6) is 0 Å². The Hall–Kier alpha value is -5.15. The minimum absolute atomic E-state index is 0.109. The predicted octanol–water partition coefficient (Wildman–Crippen LogP) is 6.01. The summed E-state index contributed by atoms with van der Waals surface area (Å²) in [4.78, 5) is 24.4. The van der Waals surface area contributed by atoms with E-state index >= 15 is 0 Å². The highest BCUT2D eigenvalue weighted by Crippen LogP contribution is 2.35. The molecule has 15 heteroatoms. The van der Waals surface area contributed by atoms with E-state index < -0.39 is 17.5 Å². The maximum atomic E-state index is 14.9. The van der Waals surface area contributed by atoms with E-state index in [-0.39, 0.29) is 30.8 Å². The van der Waals surface area contributed by atoms with Crippen molar-refractivity contribution in [2.24, 2.45) is 15.8 Å². The SMILES string of the molecule is N=N/C(=C\NCCOCCOCCOCCC(N)=O)c1ccc(Nc2ncc3c(n2)-c2ccc(Cl)cc2C(c2c(F)cccc2F)=NC3)cc1. The van der Waals surface area contributed by atoms with Gasteiger partial charge >= 0.3 is 0 Å². The molecular formula is C35H35ClF2N8O4. The Kier molecular flexibility index (Phi) is 13.0. The number of nitrogens with two attached hydrogens (primary N) is 1. The fraction of sp³-hybridized carbons (Fsp3) is 0.257. The minimum Gasteiger partial charge on any atom is -0.387 e. The number of ether oxygens (including phenoxy) is 3. The maximum Gasteiger partial charge on any atom is 0.227 e. The number of hydrogen-bond donors (Lipinski definition) is 4. The average molecular weight is 705 g/mol. The molecule has 12 nitrogen and oxygen atoms in total. The molecule has 260 valence electrons. The highest BCUT2D eigenvalue weighted by atomic mass is 35.5. The van der Waals surface area contributed by atoms with E-state index in [4.69, 9.17) is 42.1 Å². The summed E-state index contributed by atoms with van der Waals surface area (Å²) >= 11 is 6.32. The van der Waals surface area contributed by atoms with Crippen molar-refractivity contribution in [3.63, 3.8) is 0 Å². The van der Waals surface area contributed by atoms with Crippen molar-refractivity contribution in [2.45, 2.75) is 13.0 Å². The number of anilines is 2. The number of nitrogens with zero attached hydrogens (tertiary/aromatic N) is 4. The molecular weight excluding hydrogens is 670 g/mol. The van der Waals surface area contributed by atoms with Gasteiger partial charge in [0.1, 0.15) is 17.3 Å². The van der Waals surface area contributed by atoms with Crippen LogP contribution in [0.4, 0.5) is 20.4 Å². The first-order chi connectivity index (χ1) is 24.3. The van der Waals surface area contributed by atoms with Gasteiger partial charge < -0.3 is 30.6 Å². The number of amides is 1. The number of carbonyl (C=O) groups excluding carboxylic acids is 1. The second-order valence-electron chi connectivity index (χ2n) is 10.9. The topological polar surface area (TPSA) is 169 Å². The molecule has 0 atom stereocenters. The van der Waals surface area contributed by atoms with Crippen molar-refractivity contribution in [3.05, 3.63) is 112 Å². The Bertz CT molecular complexity index is 1850. The molecule has 1 aliphatic heterocycles. The van der Waals surface area contributed by atoms with Crippen molar-refractivity contribution in [1.29, 1.82) is 5.53 Å². The number of aliphatic imine (C=N–C) groups is 1. The van der Waals surface area contributed by atoms with Gasteiger partial charge in [-0.25, -0.2) is 24.3 Å². The number of halogens is 3. The molecule has 1 aliphatic rings. The second kappa shape index (κ2) is 18.0. The average Bonchev–Trinajstić information content (AvgIpc) is 3.25. The van der Waals surface area contributed by atoms with Crippen molar-refractivity contribution >= 4 is 40.6 Å². The third kappa shape index (κ3) is 9.72. The summed E-state index contributed by atoms with van der Waals surface area (Å²) in [5, 5.41) is 10.3. The summed E-state index contributed by atoms with van der Waals surface area (Å²) < 4.78 is 45.9. The van der Waals surface area contributed by atoms with Gasteiger partial charge in [-0.1, -0.05) is 35.9 Å². The summed E-state index contributed by atoms with van der Waals surface area (Å²) in [5.41, 5.74) is 16.7. The zero-order chi connectivity index (χ0) is 35.3. The van der Waals surface area contributed by atoms with E-state index in [1.165, 1.54) is 18.2 Å². The molecule has 50 heavy (non-hydrogen) atoms. The number of aromatic nitrogens is 2. The van der Waals surface area contributed by atoms with Gasteiger partial charge in [0.15, 0.2) is 0 Å². The number of rotatable bonds is 18.